The van der Waals surface area contributed by atoms with Gasteiger partial charge in [-0.15, -0.1) is 10.2 Å². The highest BCUT2D eigenvalue weighted by Gasteiger charge is 2.21. The molecule has 1 atom stereocenters. The van der Waals surface area contributed by atoms with Gasteiger partial charge in [0, 0.05) is 25.3 Å². The van der Waals surface area contributed by atoms with Gasteiger partial charge in [-0.05, 0) is 23.3 Å². The summed E-state index contributed by atoms with van der Waals surface area (Å²) in [6.07, 6.45) is 0.947. The molecule has 2 aromatic carbocycles. The van der Waals surface area contributed by atoms with Crippen LogP contribution in [-0.2, 0) is 11.2 Å². The van der Waals surface area contributed by atoms with Crippen LogP contribution >= 0.6 is 11.3 Å². The summed E-state index contributed by atoms with van der Waals surface area (Å²) in [7, 11) is 0. The highest BCUT2D eigenvalue weighted by atomic mass is 32.1. The van der Waals surface area contributed by atoms with Gasteiger partial charge in [0.1, 0.15) is 5.01 Å². The molecule has 1 amide bonds. The smallest absolute Gasteiger partial charge is 0.231 e. The van der Waals surface area contributed by atoms with E-state index in [4.69, 9.17) is 15.2 Å². The van der Waals surface area contributed by atoms with E-state index in [9.17, 15) is 4.79 Å². The highest BCUT2D eigenvalue weighted by molar-refractivity contribution is 7.15. The normalized spacial score (nSPS) is 13.3. The number of benzene rings is 2. The summed E-state index contributed by atoms with van der Waals surface area (Å²) in [6, 6.07) is 15.8. The van der Waals surface area contributed by atoms with Gasteiger partial charge in [-0.3, -0.25) is 4.79 Å². The van der Waals surface area contributed by atoms with Gasteiger partial charge in [-0.2, -0.15) is 0 Å². The van der Waals surface area contributed by atoms with Gasteiger partial charge in [-0.1, -0.05) is 47.7 Å². The van der Waals surface area contributed by atoms with E-state index in [1.165, 1.54) is 11.3 Å². The first-order valence-electron chi connectivity index (χ1n) is 8.98. The zero-order valence-electron chi connectivity index (χ0n) is 15.1. The number of hydrogen-bond donors (Lipinski definition) is 2. The Balaban J connectivity index is 1.45. The Labute approximate surface area is 166 Å². The monoisotopic (exact) mass is 396 g/mol. The molecule has 3 N–H and O–H groups in total. The van der Waals surface area contributed by atoms with Gasteiger partial charge in [0.05, 0.1) is 0 Å². The summed E-state index contributed by atoms with van der Waals surface area (Å²) < 4.78 is 10.9. The lowest BCUT2D eigenvalue weighted by Crippen LogP contribution is -2.27. The van der Waals surface area contributed by atoms with Crippen molar-refractivity contribution in [3.05, 3.63) is 64.7 Å². The van der Waals surface area contributed by atoms with E-state index in [0.717, 1.165) is 21.9 Å². The number of nitrogen functional groups attached to an aromatic ring is 1. The van der Waals surface area contributed by atoms with Gasteiger partial charge in [0.25, 0.3) is 0 Å². The fraction of sp³-hybridized carbons (Fsp3) is 0.250. The molecule has 0 unspecified atom stereocenters. The third kappa shape index (κ3) is 4.23. The second kappa shape index (κ2) is 8.26. The first-order chi connectivity index (χ1) is 13.7. The lowest BCUT2D eigenvalue weighted by molar-refractivity contribution is -0.121. The van der Waals surface area contributed by atoms with Crippen molar-refractivity contribution in [2.24, 2.45) is 0 Å². The largest absolute Gasteiger partial charge is 0.454 e. The lowest BCUT2D eigenvalue weighted by Gasteiger charge is -2.18. The number of hydrogen-bond acceptors (Lipinski definition) is 7. The first kappa shape index (κ1) is 18.2. The van der Waals surface area contributed by atoms with Crippen molar-refractivity contribution in [2.75, 3.05) is 19.1 Å². The number of nitrogens with zero attached hydrogens (tertiary/aromatic N) is 2. The third-order valence-corrected chi connectivity index (χ3v) is 5.35. The zero-order chi connectivity index (χ0) is 19.3. The molecule has 2 heterocycles. The Hall–Kier alpha value is -3.13. The molecule has 8 heteroatoms. The molecule has 1 aliphatic rings. The van der Waals surface area contributed by atoms with Crippen LogP contribution in [0.2, 0.25) is 0 Å². The number of rotatable bonds is 7. The van der Waals surface area contributed by atoms with Crippen LogP contribution in [0.5, 0.6) is 11.5 Å². The van der Waals surface area contributed by atoms with Crippen LogP contribution in [0.4, 0.5) is 5.13 Å². The van der Waals surface area contributed by atoms with Crippen LogP contribution in [-0.4, -0.2) is 29.4 Å². The summed E-state index contributed by atoms with van der Waals surface area (Å²) in [4.78, 5) is 12.6. The minimum Gasteiger partial charge on any atom is -0.454 e. The number of anilines is 1. The highest BCUT2D eigenvalue weighted by Crippen LogP contribution is 2.37. The van der Waals surface area contributed by atoms with Crippen molar-refractivity contribution in [3.63, 3.8) is 0 Å². The van der Waals surface area contributed by atoms with Gasteiger partial charge >= 0.3 is 0 Å². The molecular formula is C20H20N4O3S. The summed E-state index contributed by atoms with van der Waals surface area (Å²) in [5.41, 5.74) is 7.68. The second-order valence-electron chi connectivity index (χ2n) is 6.41. The van der Waals surface area contributed by atoms with Crippen molar-refractivity contribution >= 4 is 22.4 Å². The lowest BCUT2D eigenvalue weighted by atomic mass is 9.88. The van der Waals surface area contributed by atoms with E-state index in [2.05, 4.69) is 15.5 Å². The third-order valence-electron chi connectivity index (χ3n) is 4.53. The average Bonchev–Trinajstić information content (AvgIpc) is 3.35. The molecule has 4 rings (SSSR count). The number of nitrogens with two attached hydrogens (primary N) is 1. The molecule has 1 aliphatic heterocycles. The van der Waals surface area contributed by atoms with Crippen LogP contribution in [0.3, 0.4) is 0 Å². The van der Waals surface area contributed by atoms with Gasteiger partial charge in [0.15, 0.2) is 11.5 Å². The Kier molecular flexibility index (Phi) is 5.38. The number of fused-ring (bicyclic) bond motifs is 1. The van der Waals surface area contributed by atoms with Crippen LogP contribution in [0.15, 0.2) is 48.5 Å². The van der Waals surface area contributed by atoms with Crippen molar-refractivity contribution in [2.45, 2.75) is 18.8 Å². The molecule has 0 radical (unpaired) electrons. The molecule has 28 heavy (non-hydrogen) atoms. The maximum atomic E-state index is 12.6. The van der Waals surface area contributed by atoms with Gasteiger partial charge in [0.2, 0.25) is 17.8 Å². The molecule has 1 aromatic heterocycles. The Morgan fingerprint density at radius 3 is 2.71 bits per heavy atom. The summed E-state index contributed by atoms with van der Waals surface area (Å²) in [6.45, 7) is 0.724. The van der Waals surface area contributed by atoms with Gasteiger partial charge in [-0.25, -0.2) is 0 Å². The van der Waals surface area contributed by atoms with E-state index in [0.29, 0.717) is 30.3 Å². The van der Waals surface area contributed by atoms with E-state index in [1.807, 2.05) is 48.5 Å². The van der Waals surface area contributed by atoms with E-state index >= 15 is 0 Å². The Morgan fingerprint density at radius 2 is 1.93 bits per heavy atom. The number of amides is 1. The second-order valence-corrected chi connectivity index (χ2v) is 7.51. The molecule has 0 aliphatic carbocycles. The van der Waals surface area contributed by atoms with Crippen molar-refractivity contribution in [1.82, 2.24) is 15.5 Å². The number of carbonyl (C=O) groups excluding carboxylic acids is 1. The van der Waals surface area contributed by atoms with E-state index < -0.39 is 0 Å². The molecule has 0 saturated carbocycles. The molecular weight excluding hydrogens is 376 g/mol. The maximum absolute atomic E-state index is 12.6. The standard InChI is InChI=1S/C20H20N4O3S/c21-20-24-23-19(28-20)8-9-22-18(25)11-15(13-4-2-1-3-5-13)14-6-7-16-17(10-14)27-12-26-16/h1-7,10,15H,8-9,11-12H2,(H2,21,24)(H,22,25)/t15-/m1/s1. The number of aromatic nitrogens is 2. The first-order valence-corrected chi connectivity index (χ1v) is 9.80. The van der Waals surface area contributed by atoms with Crippen molar-refractivity contribution in [1.29, 1.82) is 0 Å². The molecule has 0 bridgehead atoms. The molecule has 0 spiro atoms. The Morgan fingerprint density at radius 1 is 1.11 bits per heavy atom. The van der Waals surface area contributed by atoms with Crippen LogP contribution < -0.4 is 20.5 Å². The predicted molar refractivity (Wildman–Crippen MR) is 107 cm³/mol. The summed E-state index contributed by atoms with van der Waals surface area (Å²) in [5, 5.41) is 12.0. The topological polar surface area (TPSA) is 99.4 Å². The fourth-order valence-electron chi connectivity index (χ4n) is 3.18. The van der Waals surface area contributed by atoms with E-state index in [-0.39, 0.29) is 18.6 Å². The van der Waals surface area contributed by atoms with Crippen molar-refractivity contribution in [3.8, 4) is 11.5 Å². The average molecular weight is 396 g/mol. The fourth-order valence-corrected chi connectivity index (χ4v) is 3.79. The number of nitrogens with one attached hydrogen (secondary N) is 1. The van der Waals surface area contributed by atoms with Crippen LogP contribution in [0.25, 0.3) is 0 Å². The maximum Gasteiger partial charge on any atom is 0.231 e. The van der Waals surface area contributed by atoms with Crippen molar-refractivity contribution < 1.29 is 14.3 Å². The van der Waals surface area contributed by atoms with Crippen LogP contribution in [0.1, 0.15) is 28.5 Å². The minimum absolute atomic E-state index is 0.0241. The number of carbonyl (C=O) groups is 1. The molecule has 0 saturated heterocycles. The van der Waals surface area contributed by atoms with Gasteiger partial charge < -0.3 is 20.5 Å². The zero-order valence-corrected chi connectivity index (χ0v) is 15.9. The predicted octanol–water partition coefficient (Wildman–Crippen LogP) is 2.73. The SMILES string of the molecule is Nc1nnc(CCNC(=O)C[C@H](c2ccccc2)c2ccc3c(c2)OCO3)s1. The summed E-state index contributed by atoms with van der Waals surface area (Å²) in [5.74, 6) is 1.35. The van der Waals surface area contributed by atoms with Crippen LogP contribution in [0, 0.1) is 0 Å². The molecule has 7 nitrogen and oxygen atoms in total. The number of ether oxygens (including phenoxy) is 2. The summed E-state index contributed by atoms with van der Waals surface area (Å²) >= 11 is 1.34. The molecule has 0 fully saturated rings. The molecule has 144 valence electrons. The van der Waals surface area contributed by atoms with E-state index in [1.54, 1.807) is 0 Å². The minimum atomic E-state index is -0.0760. The quantitative estimate of drug-likeness (QED) is 0.637. The molecule has 3 aromatic rings. The Bertz CT molecular complexity index is 961.